The van der Waals surface area contributed by atoms with Crippen molar-refractivity contribution in [2.24, 2.45) is 0 Å². The number of aromatic nitrogens is 3. The summed E-state index contributed by atoms with van der Waals surface area (Å²) in [4.78, 5) is 8.51. The van der Waals surface area contributed by atoms with Crippen molar-refractivity contribution in [2.45, 2.75) is 13.5 Å². The number of hydrogen-bond donors (Lipinski definition) is 1. The summed E-state index contributed by atoms with van der Waals surface area (Å²) in [6, 6.07) is 9.57. The number of hydrogen-bond acceptors (Lipinski definition) is 3. The minimum Gasteiger partial charge on any atom is -0.508 e. The second kappa shape index (κ2) is 5.17. The summed E-state index contributed by atoms with van der Waals surface area (Å²) >= 11 is 0. The molecule has 0 saturated carbocycles. The second-order valence-electron chi connectivity index (χ2n) is 4.79. The number of rotatable bonds is 3. The summed E-state index contributed by atoms with van der Waals surface area (Å²) in [6.45, 7) is 2.65. The third-order valence-electron chi connectivity index (χ3n) is 3.24. The van der Waals surface area contributed by atoms with E-state index < -0.39 is 0 Å². The van der Waals surface area contributed by atoms with Gasteiger partial charge in [-0.15, -0.1) is 0 Å². The predicted molar refractivity (Wildman–Crippen MR) is 77.4 cm³/mol. The molecule has 0 aliphatic carbocycles. The fraction of sp³-hybridized carbons (Fsp3) is 0.125. The van der Waals surface area contributed by atoms with Crippen molar-refractivity contribution in [3.05, 3.63) is 66.4 Å². The van der Waals surface area contributed by atoms with E-state index in [2.05, 4.69) is 16.0 Å². The number of imidazole rings is 1. The topological polar surface area (TPSA) is 50.9 Å². The van der Waals surface area contributed by atoms with Gasteiger partial charge in [-0.2, -0.15) is 0 Å². The molecule has 0 radical (unpaired) electrons. The van der Waals surface area contributed by atoms with Crippen molar-refractivity contribution in [3.8, 4) is 17.0 Å². The van der Waals surface area contributed by atoms with Crippen LogP contribution in [-0.2, 0) is 6.54 Å². The third-order valence-corrected chi connectivity index (χ3v) is 3.24. The molecule has 1 N–H and O–H groups in total. The van der Waals surface area contributed by atoms with E-state index in [9.17, 15) is 5.11 Å². The molecule has 20 heavy (non-hydrogen) atoms. The molecule has 0 atom stereocenters. The quantitative estimate of drug-likeness (QED) is 0.792. The summed E-state index contributed by atoms with van der Waals surface area (Å²) < 4.78 is 2.00. The van der Waals surface area contributed by atoms with Crippen LogP contribution in [0.4, 0.5) is 0 Å². The molecule has 2 aromatic heterocycles. The lowest BCUT2D eigenvalue weighted by Crippen LogP contribution is -1.97. The van der Waals surface area contributed by atoms with Gasteiger partial charge in [0.2, 0.25) is 0 Å². The van der Waals surface area contributed by atoms with E-state index in [1.807, 2.05) is 42.1 Å². The number of aromatic hydroxyl groups is 1. The molecule has 4 nitrogen and oxygen atoms in total. The number of pyridine rings is 1. The van der Waals surface area contributed by atoms with Crippen molar-refractivity contribution in [2.75, 3.05) is 0 Å². The molecule has 100 valence electrons. The van der Waals surface area contributed by atoms with Crippen molar-refractivity contribution in [3.63, 3.8) is 0 Å². The van der Waals surface area contributed by atoms with Crippen LogP contribution >= 0.6 is 0 Å². The van der Waals surface area contributed by atoms with Crippen LogP contribution in [-0.4, -0.2) is 19.6 Å². The molecule has 2 heterocycles. The largest absolute Gasteiger partial charge is 0.508 e. The van der Waals surface area contributed by atoms with Crippen LogP contribution in [0.5, 0.6) is 5.75 Å². The normalized spacial score (nSPS) is 10.7. The molecule has 0 bridgehead atoms. The van der Waals surface area contributed by atoms with Gasteiger partial charge in [0, 0.05) is 30.7 Å². The molecule has 0 unspecified atom stereocenters. The van der Waals surface area contributed by atoms with Crippen LogP contribution in [0.25, 0.3) is 11.3 Å². The van der Waals surface area contributed by atoms with E-state index in [0.717, 1.165) is 28.9 Å². The Hall–Kier alpha value is -2.62. The number of nitrogens with zero attached hydrogens (tertiary/aromatic N) is 3. The lowest BCUT2D eigenvalue weighted by atomic mass is 10.1. The van der Waals surface area contributed by atoms with Crippen LogP contribution in [0, 0.1) is 6.92 Å². The second-order valence-corrected chi connectivity index (χ2v) is 4.79. The summed E-state index contributed by atoms with van der Waals surface area (Å²) in [5.74, 6) is 0.311. The van der Waals surface area contributed by atoms with Gasteiger partial charge in [-0.3, -0.25) is 4.98 Å². The molecule has 0 fully saturated rings. The highest BCUT2D eigenvalue weighted by Gasteiger charge is 2.03. The minimum atomic E-state index is 0.311. The van der Waals surface area contributed by atoms with Gasteiger partial charge in [0.05, 0.1) is 12.0 Å². The van der Waals surface area contributed by atoms with Crippen LogP contribution in [0.15, 0.2) is 55.2 Å². The van der Waals surface area contributed by atoms with Crippen LogP contribution < -0.4 is 0 Å². The van der Waals surface area contributed by atoms with E-state index >= 15 is 0 Å². The number of benzene rings is 1. The third kappa shape index (κ3) is 2.54. The summed E-state index contributed by atoms with van der Waals surface area (Å²) in [5.41, 5.74) is 3.89. The van der Waals surface area contributed by atoms with Gasteiger partial charge in [-0.1, -0.05) is 6.07 Å². The summed E-state index contributed by atoms with van der Waals surface area (Å²) in [5, 5.41) is 9.55. The van der Waals surface area contributed by atoms with E-state index in [4.69, 9.17) is 0 Å². The van der Waals surface area contributed by atoms with E-state index in [1.165, 1.54) is 0 Å². The van der Waals surface area contributed by atoms with Crippen LogP contribution in [0.1, 0.15) is 11.1 Å². The smallest absolute Gasteiger partial charge is 0.118 e. The molecule has 0 amide bonds. The standard InChI is InChI=1S/C16H15N3O/c1-12-8-14(3-5-16(12)20)15-4-2-13(9-18-15)10-19-7-6-17-11-19/h2-9,11,20H,10H2,1H3. The van der Waals surface area contributed by atoms with Gasteiger partial charge in [0.25, 0.3) is 0 Å². The lowest BCUT2D eigenvalue weighted by Gasteiger charge is -2.06. The van der Waals surface area contributed by atoms with Gasteiger partial charge < -0.3 is 9.67 Å². The Bertz CT molecular complexity index is 703. The van der Waals surface area contributed by atoms with Gasteiger partial charge in [0.15, 0.2) is 0 Å². The molecule has 0 aliphatic rings. The van der Waals surface area contributed by atoms with Crippen molar-refractivity contribution in [1.82, 2.24) is 14.5 Å². The first-order valence-corrected chi connectivity index (χ1v) is 6.43. The first-order valence-electron chi connectivity index (χ1n) is 6.43. The zero-order valence-electron chi connectivity index (χ0n) is 11.2. The van der Waals surface area contributed by atoms with Crippen molar-refractivity contribution in [1.29, 1.82) is 0 Å². The molecule has 0 aliphatic heterocycles. The SMILES string of the molecule is Cc1cc(-c2ccc(Cn3ccnc3)cn2)ccc1O. The van der Waals surface area contributed by atoms with E-state index in [0.29, 0.717) is 5.75 Å². The van der Waals surface area contributed by atoms with Crippen LogP contribution in [0.3, 0.4) is 0 Å². The van der Waals surface area contributed by atoms with Gasteiger partial charge in [-0.25, -0.2) is 4.98 Å². The predicted octanol–water partition coefficient (Wildman–Crippen LogP) is 3.01. The minimum absolute atomic E-state index is 0.311. The van der Waals surface area contributed by atoms with Crippen LogP contribution in [0.2, 0.25) is 0 Å². The Morgan fingerprint density at radius 3 is 2.75 bits per heavy atom. The first kappa shape index (κ1) is 12.4. The Morgan fingerprint density at radius 1 is 1.20 bits per heavy atom. The molecule has 3 aromatic rings. The Balaban J connectivity index is 1.83. The van der Waals surface area contributed by atoms with Crippen molar-refractivity contribution < 1.29 is 5.11 Å². The average Bonchev–Trinajstić information content (AvgIpc) is 2.96. The number of aryl methyl sites for hydroxylation is 1. The molecule has 4 heteroatoms. The molecule has 1 aromatic carbocycles. The summed E-state index contributed by atoms with van der Waals surface area (Å²) in [6.07, 6.45) is 7.35. The molecule has 3 rings (SSSR count). The maximum atomic E-state index is 9.55. The number of phenols is 1. The fourth-order valence-electron chi connectivity index (χ4n) is 2.09. The highest BCUT2D eigenvalue weighted by molar-refractivity contribution is 5.61. The molecular weight excluding hydrogens is 250 g/mol. The highest BCUT2D eigenvalue weighted by Crippen LogP contribution is 2.24. The molecule has 0 saturated heterocycles. The Kier molecular flexibility index (Phi) is 3.21. The molecule has 0 spiro atoms. The zero-order valence-corrected chi connectivity index (χ0v) is 11.2. The van der Waals surface area contributed by atoms with Crippen molar-refractivity contribution >= 4 is 0 Å². The van der Waals surface area contributed by atoms with Gasteiger partial charge in [0.1, 0.15) is 5.75 Å². The van der Waals surface area contributed by atoms with E-state index in [1.54, 1.807) is 18.6 Å². The number of phenolic OH excluding ortho intramolecular Hbond substituents is 1. The average molecular weight is 265 g/mol. The monoisotopic (exact) mass is 265 g/mol. The Morgan fingerprint density at radius 2 is 2.10 bits per heavy atom. The Labute approximate surface area is 117 Å². The zero-order chi connectivity index (χ0) is 13.9. The highest BCUT2D eigenvalue weighted by atomic mass is 16.3. The van der Waals surface area contributed by atoms with Gasteiger partial charge in [-0.05, 0) is 42.3 Å². The summed E-state index contributed by atoms with van der Waals surface area (Å²) in [7, 11) is 0. The first-order chi connectivity index (χ1) is 9.72. The molecular formula is C16H15N3O. The lowest BCUT2D eigenvalue weighted by molar-refractivity contribution is 0.471. The van der Waals surface area contributed by atoms with E-state index in [-0.39, 0.29) is 0 Å². The fourth-order valence-corrected chi connectivity index (χ4v) is 2.09. The van der Waals surface area contributed by atoms with Gasteiger partial charge >= 0.3 is 0 Å². The maximum absolute atomic E-state index is 9.55. The maximum Gasteiger partial charge on any atom is 0.118 e.